The Balaban J connectivity index is 2.07. The number of ketones is 2. The molecule has 2 heterocycles. The fraction of sp³-hybridized carbons (Fsp3) is 0.548. The Kier molecular flexibility index (Phi) is 11.8. The van der Waals surface area contributed by atoms with Crippen LogP contribution in [0.3, 0.4) is 0 Å². The van der Waals surface area contributed by atoms with Gasteiger partial charge in [0.15, 0.2) is 5.11 Å². The van der Waals surface area contributed by atoms with E-state index in [9.17, 15) is 19.5 Å². The van der Waals surface area contributed by atoms with Crippen LogP contribution in [-0.2, 0) is 23.9 Å². The van der Waals surface area contributed by atoms with Gasteiger partial charge in [-0.3, -0.25) is 14.4 Å². The number of methoxy groups -OCH3 is 2. The summed E-state index contributed by atoms with van der Waals surface area (Å²) < 4.78 is 11.4. The van der Waals surface area contributed by atoms with E-state index in [1.807, 2.05) is 31.7 Å². The molecule has 3 rings (SSSR count). The number of likely N-dealkylation sites (tertiary alicyclic amines) is 1. The van der Waals surface area contributed by atoms with Crippen LogP contribution >= 0.6 is 12.2 Å². The zero-order chi connectivity index (χ0) is 31.1. The first-order valence-corrected chi connectivity index (χ1v) is 14.7. The quantitative estimate of drug-likeness (QED) is 0.215. The Morgan fingerprint density at radius 1 is 1.17 bits per heavy atom. The summed E-state index contributed by atoms with van der Waals surface area (Å²) in [5.41, 5.74) is 7.75. The van der Waals surface area contributed by atoms with Gasteiger partial charge in [-0.15, -0.1) is 0 Å². The number of hydrogen-bond donors (Lipinski definition) is 4. The molecule has 1 saturated heterocycles. The maximum Gasteiger partial charge on any atom is 0.251 e. The lowest BCUT2D eigenvalue weighted by molar-refractivity contribution is -0.120. The van der Waals surface area contributed by atoms with Crippen molar-refractivity contribution in [3.8, 4) is 0 Å². The monoisotopic (exact) mass is 600 g/mol. The largest absolute Gasteiger partial charge is 0.390 e. The summed E-state index contributed by atoms with van der Waals surface area (Å²) in [5.74, 6) is -1.59. The average Bonchev–Trinajstić information content (AvgIpc) is 2.90. The van der Waals surface area contributed by atoms with Crippen molar-refractivity contribution in [2.75, 3.05) is 27.3 Å². The highest BCUT2D eigenvalue weighted by Crippen LogP contribution is 2.32. The zero-order valence-corrected chi connectivity index (χ0v) is 26.1. The molecule has 0 aromatic carbocycles. The van der Waals surface area contributed by atoms with Gasteiger partial charge in [0.2, 0.25) is 11.6 Å². The first-order chi connectivity index (χ1) is 19.9. The summed E-state index contributed by atoms with van der Waals surface area (Å²) in [7, 11) is 3.10. The van der Waals surface area contributed by atoms with Crippen molar-refractivity contribution in [2.24, 2.45) is 17.6 Å². The van der Waals surface area contributed by atoms with Crippen molar-refractivity contribution in [3.05, 3.63) is 58.5 Å². The summed E-state index contributed by atoms with van der Waals surface area (Å²) in [6.45, 7) is 8.79. The maximum atomic E-state index is 13.7. The topological polar surface area (TPSA) is 143 Å². The number of aliphatic hydroxyl groups excluding tert-OH is 1. The number of amides is 1. The first kappa shape index (κ1) is 33.4. The second kappa shape index (κ2) is 14.9. The molecule has 5 N–H and O–H groups in total. The minimum Gasteiger partial charge on any atom is -0.390 e. The Labute approximate surface area is 253 Å². The summed E-state index contributed by atoms with van der Waals surface area (Å²) >= 11 is 5.12. The predicted octanol–water partition coefficient (Wildman–Crippen LogP) is 2.21. The molecule has 2 bridgehead atoms. The minimum atomic E-state index is -0.857. The lowest BCUT2D eigenvalue weighted by atomic mass is 9.84. The van der Waals surface area contributed by atoms with Crippen LogP contribution in [0, 0.1) is 11.8 Å². The Hall–Kier alpha value is -3.12. The van der Waals surface area contributed by atoms with Crippen LogP contribution in [0.15, 0.2) is 58.5 Å². The van der Waals surface area contributed by atoms with Crippen molar-refractivity contribution in [3.63, 3.8) is 0 Å². The highest BCUT2D eigenvalue weighted by Gasteiger charge is 2.36. The van der Waals surface area contributed by atoms with Crippen molar-refractivity contribution in [1.29, 1.82) is 0 Å². The number of ether oxygens (including phenoxy) is 2. The number of allylic oxidation sites excluding steroid dienone is 4. The summed E-state index contributed by atoms with van der Waals surface area (Å²) in [4.78, 5) is 41.9. The number of nitrogens with zero attached hydrogens (tertiary/aromatic N) is 1. The minimum absolute atomic E-state index is 0.0432. The van der Waals surface area contributed by atoms with Crippen LogP contribution in [0.4, 0.5) is 0 Å². The molecule has 1 aliphatic carbocycles. The SMILES string of the molecule is COC1/C=C\C=C(/C)C(=O)NC2=CC(=O)C(N3CCC3)=C(C[C@@H](C)C[C@H](OC)[C@H](O)[C@@H](C)/C=C(\C)[C@@H]1NC(N)=S)C2=O. The number of thiocarbonyl (C=S) groups is 1. The molecule has 11 heteroatoms. The molecule has 42 heavy (non-hydrogen) atoms. The molecule has 1 unspecified atom stereocenters. The molecule has 6 atom stereocenters. The molecule has 230 valence electrons. The average molecular weight is 601 g/mol. The lowest BCUT2D eigenvalue weighted by Crippen LogP contribution is -2.46. The van der Waals surface area contributed by atoms with E-state index in [1.165, 1.54) is 6.08 Å². The summed E-state index contributed by atoms with van der Waals surface area (Å²) in [5, 5.41) is 17.1. The fourth-order valence-corrected chi connectivity index (χ4v) is 5.68. The number of nitrogens with one attached hydrogen (secondary N) is 2. The van der Waals surface area contributed by atoms with Crippen molar-refractivity contribution >= 4 is 34.8 Å². The maximum absolute atomic E-state index is 13.7. The number of Topliss-reactive ketones (excluding diaryl/α,β-unsaturated/α-hetero) is 1. The molecular weight excluding hydrogens is 556 g/mol. The fourth-order valence-electron chi connectivity index (χ4n) is 5.55. The van der Waals surface area contributed by atoms with Crippen molar-refractivity contribution < 1.29 is 29.0 Å². The number of carbonyl (C=O) groups excluding carboxylic acids is 3. The third-order valence-corrected chi connectivity index (χ3v) is 8.18. The van der Waals surface area contributed by atoms with Crippen LogP contribution in [0.1, 0.15) is 47.0 Å². The Bertz CT molecular complexity index is 1230. The molecule has 3 aliphatic rings. The van der Waals surface area contributed by atoms with Gasteiger partial charge in [0.1, 0.15) is 0 Å². The molecule has 0 aromatic heterocycles. The second-order valence-electron chi connectivity index (χ2n) is 11.4. The highest BCUT2D eigenvalue weighted by atomic mass is 32.1. The molecule has 0 saturated carbocycles. The summed E-state index contributed by atoms with van der Waals surface area (Å²) in [6, 6.07) is -0.442. The molecular formula is C31H44N4O6S. The number of nitrogens with two attached hydrogens (primary N) is 1. The lowest BCUT2D eigenvalue weighted by Gasteiger charge is -2.37. The Morgan fingerprint density at radius 2 is 1.86 bits per heavy atom. The third-order valence-electron chi connectivity index (χ3n) is 8.06. The van der Waals surface area contributed by atoms with Crippen LogP contribution in [-0.4, -0.2) is 84.3 Å². The van der Waals surface area contributed by atoms with E-state index in [1.54, 1.807) is 39.4 Å². The van der Waals surface area contributed by atoms with Crippen molar-refractivity contribution in [1.82, 2.24) is 15.5 Å². The van der Waals surface area contributed by atoms with E-state index < -0.39 is 30.3 Å². The van der Waals surface area contributed by atoms with Crippen LogP contribution in [0.5, 0.6) is 0 Å². The Morgan fingerprint density at radius 3 is 2.43 bits per heavy atom. The van der Waals surface area contributed by atoms with E-state index in [0.717, 1.165) is 12.0 Å². The standard InChI is InChI=1S/C31H44N4O6S/c1-17-13-21-27(35-11-8-12-35)23(36)16-22(29(21)38)33-30(39)18(2)9-7-10-24(40-5)26(34-31(32)42)19(3)15-20(4)28(37)25(14-17)41-6/h7,9-10,15-17,20,24-26,28,37H,8,11-14H2,1-6H3,(H,33,39)(H3,32,34,42)/b10-7-,18-9+,19-15+/t17-,20+,24?,25+,26+,28-/m1/s1. The van der Waals surface area contributed by atoms with Crippen LogP contribution in [0.2, 0.25) is 0 Å². The zero-order valence-electron chi connectivity index (χ0n) is 25.3. The van der Waals surface area contributed by atoms with Gasteiger partial charge in [0.25, 0.3) is 5.91 Å². The van der Waals surface area contributed by atoms with Gasteiger partial charge < -0.3 is 35.8 Å². The van der Waals surface area contributed by atoms with E-state index in [-0.39, 0.29) is 34.2 Å². The molecule has 1 fully saturated rings. The van der Waals surface area contributed by atoms with Crippen LogP contribution in [0.25, 0.3) is 0 Å². The normalized spacial score (nSPS) is 33.5. The molecule has 2 aliphatic heterocycles. The van der Waals surface area contributed by atoms with Gasteiger partial charge in [-0.25, -0.2) is 0 Å². The number of fused-ring (bicyclic) bond motifs is 2. The first-order valence-electron chi connectivity index (χ1n) is 14.3. The predicted molar refractivity (Wildman–Crippen MR) is 165 cm³/mol. The van der Waals surface area contributed by atoms with Gasteiger partial charge in [0.05, 0.1) is 35.7 Å². The number of carbonyl (C=O) groups is 3. The van der Waals surface area contributed by atoms with Gasteiger partial charge in [-0.2, -0.15) is 0 Å². The van der Waals surface area contributed by atoms with Crippen molar-refractivity contribution in [2.45, 2.75) is 71.3 Å². The van der Waals surface area contributed by atoms with E-state index in [2.05, 4.69) is 10.6 Å². The number of hydrogen-bond acceptors (Lipinski definition) is 8. The van der Waals surface area contributed by atoms with Gasteiger partial charge in [-0.05, 0) is 51.2 Å². The molecule has 1 amide bonds. The smallest absolute Gasteiger partial charge is 0.251 e. The molecule has 0 spiro atoms. The van der Waals surface area contributed by atoms with E-state index >= 15 is 0 Å². The second-order valence-corrected chi connectivity index (χ2v) is 11.8. The molecule has 10 nitrogen and oxygen atoms in total. The van der Waals surface area contributed by atoms with Gasteiger partial charge in [0, 0.05) is 50.4 Å². The van der Waals surface area contributed by atoms with Gasteiger partial charge in [-0.1, -0.05) is 43.7 Å². The highest BCUT2D eigenvalue weighted by molar-refractivity contribution is 7.80. The van der Waals surface area contributed by atoms with Crippen LogP contribution < -0.4 is 16.4 Å². The molecule has 0 radical (unpaired) electrons. The number of rotatable bonds is 4. The summed E-state index contributed by atoms with van der Waals surface area (Å²) in [6.07, 6.45) is 7.96. The number of aliphatic hydroxyl groups is 1. The van der Waals surface area contributed by atoms with Gasteiger partial charge >= 0.3 is 0 Å². The molecule has 0 aromatic rings. The third kappa shape index (κ3) is 8.03. The van der Waals surface area contributed by atoms with E-state index in [4.69, 9.17) is 27.4 Å². The van der Waals surface area contributed by atoms with E-state index in [0.29, 0.717) is 42.8 Å².